The third-order valence-electron chi connectivity index (χ3n) is 1.75. The first-order chi connectivity index (χ1) is 8.34. The van der Waals surface area contributed by atoms with Crippen molar-refractivity contribution in [2.24, 2.45) is 10.7 Å². The second-order valence-corrected chi connectivity index (χ2v) is 3.89. The summed E-state index contributed by atoms with van der Waals surface area (Å²) in [6.45, 7) is 3.26. The molecule has 0 saturated heterocycles. The number of hydrogen-bond acceptors (Lipinski definition) is 3. The molecule has 0 radical (unpaired) electrons. The zero-order chi connectivity index (χ0) is 14.1. The highest BCUT2D eigenvalue weighted by molar-refractivity contribution is 6.33. The SMILES string of the molecule is CC(=O)O.Cc1cccc(Cl)c1C=NCC(=N)N. The number of aliphatic imine (C=N–C) groups is 1. The molecule has 98 valence electrons. The minimum absolute atomic E-state index is 0.0472. The van der Waals surface area contributed by atoms with Crippen molar-refractivity contribution in [2.45, 2.75) is 13.8 Å². The first-order valence-electron chi connectivity index (χ1n) is 5.12. The molecule has 0 aromatic heterocycles. The zero-order valence-electron chi connectivity index (χ0n) is 10.3. The van der Waals surface area contributed by atoms with Crippen molar-refractivity contribution in [3.63, 3.8) is 0 Å². The number of halogens is 1. The Labute approximate surface area is 111 Å². The van der Waals surface area contributed by atoms with E-state index in [4.69, 9.17) is 32.6 Å². The summed E-state index contributed by atoms with van der Waals surface area (Å²) in [5, 5.41) is 15.1. The molecule has 5 nitrogen and oxygen atoms in total. The van der Waals surface area contributed by atoms with Crippen LogP contribution in [0.15, 0.2) is 23.2 Å². The molecule has 0 heterocycles. The number of nitrogens with zero attached hydrogens (tertiary/aromatic N) is 1. The lowest BCUT2D eigenvalue weighted by Gasteiger charge is -2.01. The maximum Gasteiger partial charge on any atom is 0.300 e. The maximum absolute atomic E-state index is 9.00. The third-order valence-corrected chi connectivity index (χ3v) is 2.08. The van der Waals surface area contributed by atoms with Gasteiger partial charge < -0.3 is 10.8 Å². The van der Waals surface area contributed by atoms with Crippen LogP contribution >= 0.6 is 11.6 Å². The number of nitrogens with one attached hydrogen (secondary N) is 1. The quantitative estimate of drug-likeness (QED) is 0.579. The van der Waals surface area contributed by atoms with E-state index in [1.807, 2.05) is 25.1 Å². The molecule has 0 aliphatic carbocycles. The monoisotopic (exact) mass is 269 g/mol. The lowest BCUT2D eigenvalue weighted by atomic mass is 10.1. The fourth-order valence-electron chi connectivity index (χ4n) is 1.04. The third kappa shape index (κ3) is 7.40. The summed E-state index contributed by atoms with van der Waals surface area (Å²) in [7, 11) is 0. The topological polar surface area (TPSA) is 99.5 Å². The van der Waals surface area contributed by atoms with Crippen molar-refractivity contribution in [3.8, 4) is 0 Å². The minimum Gasteiger partial charge on any atom is -0.481 e. The molecule has 0 unspecified atom stereocenters. The molecule has 0 aliphatic heterocycles. The molecular weight excluding hydrogens is 254 g/mol. The van der Waals surface area contributed by atoms with E-state index in [-0.39, 0.29) is 12.4 Å². The summed E-state index contributed by atoms with van der Waals surface area (Å²) in [6, 6.07) is 5.66. The van der Waals surface area contributed by atoms with Gasteiger partial charge in [-0.05, 0) is 18.6 Å². The maximum atomic E-state index is 9.00. The normalized spacial score (nSPS) is 9.72. The van der Waals surface area contributed by atoms with Crippen molar-refractivity contribution in [1.82, 2.24) is 0 Å². The summed E-state index contributed by atoms with van der Waals surface area (Å²) >= 11 is 5.97. The Bertz CT molecular complexity index is 434. The van der Waals surface area contributed by atoms with Crippen LogP contribution in [0.4, 0.5) is 0 Å². The van der Waals surface area contributed by atoms with E-state index >= 15 is 0 Å². The van der Waals surface area contributed by atoms with Crippen LogP contribution in [0, 0.1) is 12.3 Å². The predicted octanol–water partition coefficient (Wildman–Crippen LogP) is 2.09. The molecule has 1 rings (SSSR count). The average molecular weight is 270 g/mol. The summed E-state index contributed by atoms with van der Waals surface area (Å²) in [6.07, 6.45) is 1.65. The highest BCUT2D eigenvalue weighted by Crippen LogP contribution is 2.16. The number of carbonyl (C=O) groups is 1. The highest BCUT2D eigenvalue weighted by Gasteiger charge is 1.99. The number of benzene rings is 1. The molecule has 0 bridgehead atoms. The van der Waals surface area contributed by atoms with E-state index < -0.39 is 5.97 Å². The molecule has 1 aromatic rings. The second kappa shape index (κ2) is 8.25. The second-order valence-electron chi connectivity index (χ2n) is 3.48. The van der Waals surface area contributed by atoms with Gasteiger partial charge in [0.2, 0.25) is 0 Å². The Hall–Kier alpha value is -1.88. The van der Waals surface area contributed by atoms with E-state index in [1.165, 1.54) is 0 Å². The lowest BCUT2D eigenvalue weighted by molar-refractivity contribution is -0.134. The van der Waals surface area contributed by atoms with E-state index in [2.05, 4.69) is 4.99 Å². The van der Waals surface area contributed by atoms with E-state index in [1.54, 1.807) is 6.21 Å². The van der Waals surface area contributed by atoms with Gasteiger partial charge in [-0.15, -0.1) is 0 Å². The number of hydrogen-bond donors (Lipinski definition) is 3. The summed E-state index contributed by atoms with van der Waals surface area (Å²) in [5.74, 6) is -0.786. The first-order valence-corrected chi connectivity index (χ1v) is 5.49. The fraction of sp³-hybridized carbons (Fsp3) is 0.250. The smallest absolute Gasteiger partial charge is 0.300 e. The summed E-state index contributed by atoms with van der Waals surface area (Å²) in [4.78, 5) is 13.0. The van der Waals surface area contributed by atoms with Gasteiger partial charge in [0.05, 0.1) is 6.54 Å². The number of carboxylic acid groups (broad SMARTS) is 1. The van der Waals surface area contributed by atoms with Crippen LogP contribution in [0.25, 0.3) is 0 Å². The molecule has 0 amide bonds. The van der Waals surface area contributed by atoms with Crippen LogP contribution < -0.4 is 5.73 Å². The van der Waals surface area contributed by atoms with Crippen molar-refractivity contribution < 1.29 is 9.90 Å². The number of aliphatic carboxylic acids is 1. The van der Waals surface area contributed by atoms with Gasteiger partial charge in [-0.3, -0.25) is 15.2 Å². The van der Waals surface area contributed by atoms with Crippen molar-refractivity contribution in [1.29, 1.82) is 5.41 Å². The number of carboxylic acids is 1. The molecule has 4 N–H and O–H groups in total. The number of nitrogens with two attached hydrogens (primary N) is 1. The molecule has 0 spiro atoms. The van der Waals surface area contributed by atoms with Gasteiger partial charge in [0, 0.05) is 23.7 Å². The highest BCUT2D eigenvalue weighted by atomic mass is 35.5. The van der Waals surface area contributed by atoms with Crippen molar-refractivity contribution in [3.05, 3.63) is 34.3 Å². The number of rotatable bonds is 3. The Kier molecular flexibility index (Phi) is 7.38. The summed E-state index contributed by atoms with van der Waals surface area (Å²) < 4.78 is 0. The van der Waals surface area contributed by atoms with Gasteiger partial charge in [0.15, 0.2) is 0 Å². The predicted molar refractivity (Wildman–Crippen MR) is 73.9 cm³/mol. The van der Waals surface area contributed by atoms with Gasteiger partial charge in [0.1, 0.15) is 5.84 Å². The Morgan fingerprint density at radius 3 is 2.61 bits per heavy atom. The molecule has 18 heavy (non-hydrogen) atoms. The minimum atomic E-state index is -0.833. The van der Waals surface area contributed by atoms with Crippen molar-refractivity contribution >= 4 is 29.6 Å². The van der Waals surface area contributed by atoms with E-state index in [0.29, 0.717) is 5.02 Å². The van der Waals surface area contributed by atoms with Crippen LogP contribution in [-0.4, -0.2) is 29.7 Å². The standard InChI is InChI=1S/C10H12ClN3.C2H4O2/c1-7-3-2-4-9(11)8(7)5-14-6-10(12)13;1-2(3)4/h2-5H,6H2,1H3,(H3,12,13);1H3,(H,3,4). The molecule has 0 aliphatic rings. The Morgan fingerprint density at radius 1 is 1.61 bits per heavy atom. The molecule has 6 heteroatoms. The number of aryl methyl sites for hydroxylation is 1. The molecule has 0 saturated carbocycles. The van der Waals surface area contributed by atoms with Crippen LogP contribution in [0.2, 0.25) is 5.02 Å². The van der Waals surface area contributed by atoms with Gasteiger partial charge in [-0.1, -0.05) is 23.7 Å². The van der Waals surface area contributed by atoms with Crippen molar-refractivity contribution in [2.75, 3.05) is 6.54 Å². The molecule has 1 aromatic carbocycles. The Balaban J connectivity index is 0.000000631. The van der Waals surface area contributed by atoms with Crippen LogP contribution in [0.1, 0.15) is 18.1 Å². The summed E-state index contributed by atoms with van der Waals surface area (Å²) in [5.41, 5.74) is 7.11. The van der Waals surface area contributed by atoms with Gasteiger partial charge in [0.25, 0.3) is 5.97 Å². The fourth-order valence-corrected chi connectivity index (χ4v) is 1.31. The van der Waals surface area contributed by atoms with Crippen LogP contribution in [-0.2, 0) is 4.79 Å². The molecule has 0 atom stereocenters. The Morgan fingerprint density at radius 2 is 2.17 bits per heavy atom. The molecular formula is C12H16ClN3O2. The zero-order valence-corrected chi connectivity index (χ0v) is 11.0. The molecule has 0 fully saturated rings. The van der Waals surface area contributed by atoms with E-state index in [9.17, 15) is 0 Å². The van der Waals surface area contributed by atoms with Gasteiger partial charge in [-0.25, -0.2) is 0 Å². The van der Waals surface area contributed by atoms with Crippen LogP contribution in [0.5, 0.6) is 0 Å². The van der Waals surface area contributed by atoms with Gasteiger partial charge >= 0.3 is 0 Å². The number of amidine groups is 1. The first kappa shape index (κ1) is 16.1. The van der Waals surface area contributed by atoms with Crippen LogP contribution in [0.3, 0.4) is 0 Å². The average Bonchev–Trinajstić information content (AvgIpc) is 2.21. The lowest BCUT2D eigenvalue weighted by Crippen LogP contribution is -2.13. The van der Waals surface area contributed by atoms with Gasteiger partial charge in [-0.2, -0.15) is 0 Å². The largest absolute Gasteiger partial charge is 0.481 e. The van der Waals surface area contributed by atoms with E-state index in [0.717, 1.165) is 18.1 Å².